The van der Waals surface area contributed by atoms with Crippen LogP contribution in [-0.4, -0.2) is 29.6 Å². The van der Waals surface area contributed by atoms with Gasteiger partial charge in [-0.2, -0.15) is 0 Å². The van der Waals surface area contributed by atoms with Crippen molar-refractivity contribution in [1.29, 1.82) is 0 Å². The maximum atomic E-state index is 3.88. The smallest absolute Gasteiger partial charge is 0.0334 e. The summed E-state index contributed by atoms with van der Waals surface area (Å²) in [5.74, 6) is 0. The predicted octanol–water partition coefficient (Wildman–Crippen LogP) is 3.55. The topological polar surface area (TPSA) is 15.3 Å². The van der Waals surface area contributed by atoms with E-state index in [2.05, 4.69) is 35.5 Å². The van der Waals surface area contributed by atoms with E-state index >= 15 is 0 Å². The molecule has 0 amide bonds. The van der Waals surface area contributed by atoms with Gasteiger partial charge in [0.05, 0.1) is 0 Å². The third-order valence-electron chi connectivity index (χ3n) is 5.08. The van der Waals surface area contributed by atoms with Gasteiger partial charge in [-0.3, -0.25) is 4.90 Å². The number of thiophene rings is 1. The molecule has 106 valence electrons. The van der Waals surface area contributed by atoms with Crippen molar-refractivity contribution in [2.24, 2.45) is 0 Å². The molecule has 1 aromatic heterocycles. The zero-order valence-electron chi connectivity index (χ0n) is 12.2. The van der Waals surface area contributed by atoms with Crippen LogP contribution in [0.5, 0.6) is 0 Å². The maximum Gasteiger partial charge on any atom is 0.0334 e. The molecule has 19 heavy (non-hydrogen) atoms. The van der Waals surface area contributed by atoms with E-state index in [0.717, 1.165) is 6.54 Å². The molecule has 3 rings (SSSR count). The average molecular weight is 278 g/mol. The van der Waals surface area contributed by atoms with Crippen LogP contribution < -0.4 is 5.32 Å². The van der Waals surface area contributed by atoms with Crippen LogP contribution in [0, 0.1) is 6.92 Å². The third-order valence-corrected chi connectivity index (χ3v) is 6.09. The lowest BCUT2D eigenvalue weighted by Gasteiger charge is -2.46. The number of nitrogens with zero attached hydrogens (tertiary/aromatic N) is 1. The standard InChI is InChI=1S/C16H26N2S/c1-3-14-10-17-16(7-4-5-8-16)12-18(14)11-15-13(2)6-9-19-15/h6,9,14,17H,3-5,7-8,10-12H2,1-2H3. The Morgan fingerprint density at radius 3 is 2.84 bits per heavy atom. The van der Waals surface area contributed by atoms with Crippen LogP contribution in [0.3, 0.4) is 0 Å². The highest BCUT2D eigenvalue weighted by atomic mass is 32.1. The van der Waals surface area contributed by atoms with Gasteiger partial charge in [-0.25, -0.2) is 0 Å². The molecule has 1 saturated heterocycles. The highest BCUT2D eigenvalue weighted by molar-refractivity contribution is 7.10. The lowest BCUT2D eigenvalue weighted by atomic mass is 9.91. The van der Waals surface area contributed by atoms with Crippen LogP contribution in [0.1, 0.15) is 49.5 Å². The number of hydrogen-bond donors (Lipinski definition) is 1. The van der Waals surface area contributed by atoms with Crippen molar-refractivity contribution in [3.05, 3.63) is 21.9 Å². The maximum absolute atomic E-state index is 3.88. The van der Waals surface area contributed by atoms with Gasteiger partial charge in [0.15, 0.2) is 0 Å². The number of rotatable bonds is 3. The minimum Gasteiger partial charge on any atom is -0.308 e. The van der Waals surface area contributed by atoms with Gasteiger partial charge in [0.2, 0.25) is 0 Å². The summed E-state index contributed by atoms with van der Waals surface area (Å²) in [6.45, 7) is 8.17. The van der Waals surface area contributed by atoms with Gasteiger partial charge in [-0.05, 0) is 43.2 Å². The lowest BCUT2D eigenvalue weighted by Crippen LogP contribution is -2.62. The summed E-state index contributed by atoms with van der Waals surface area (Å²) in [5, 5.41) is 6.12. The lowest BCUT2D eigenvalue weighted by molar-refractivity contribution is 0.0725. The Morgan fingerprint density at radius 2 is 2.21 bits per heavy atom. The average Bonchev–Trinajstić information content (AvgIpc) is 3.01. The van der Waals surface area contributed by atoms with Crippen molar-refractivity contribution in [2.45, 2.75) is 64.1 Å². The molecule has 1 spiro atoms. The molecular formula is C16H26N2S. The Hall–Kier alpha value is -0.380. The predicted molar refractivity (Wildman–Crippen MR) is 82.7 cm³/mol. The summed E-state index contributed by atoms with van der Waals surface area (Å²) in [5.41, 5.74) is 1.91. The van der Waals surface area contributed by atoms with Crippen LogP contribution in [0.2, 0.25) is 0 Å². The van der Waals surface area contributed by atoms with Crippen molar-refractivity contribution < 1.29 is 0 Å². The summed E-state index contributed by atoms with van der Waals surface area (Å²) in [6, 6.07) is 2.97. The minimum absolute atomic E-state index is 0.441. The zero-order valence-corrected chi connectivity index (χ0v) is 13.1. The first-order valence-electron chi connectivity index (χ1n) is 7.74. The molecular weight excluding hydrogens is 252 g/mol. The van der Waals surface area contributed by atoms with E-state index in [9.17, 15) is 0 Å². The molecule has 2 aliphatic rings. The molecule has 2 fully saturated rings. The quantitative estimate of drug-likeness (QED) is 0.909. The summed E-state index contributed by atoms with van der Waals surface area (Å²) in [4.78, 5) is 4.31. The second-order valence-electron chi connectivity index (χ2n) is 6.36. The van der Waals surface area contributed by atoms with Crippen molar-refractivity contribution in [3.63, 3.8) is 0 Å². The van der Waals surface area contributed by atoms with Crippen LogP contribution in [-0.2, 0) is 6.54 Å². The molecule has 1 unspecified atom stereocenters. The Balaban J connectivity index is 1.74. The number of piperazine rings is 1. The van der Waals surface area contributed by atoms with Gasteiger partial charge < -0.3 is 5.32 Å². The minimum atomic E-state index is 0.441. The first kappa shape index (κ1) is 13.6. The fraction of sp³-hybridized carbons (Fsp3) is 0.750. The first-order valence-corrected chi connectivity index (χ1v) is 8.62. The van der Waals surface area contributed by atoms with Gasteiger partial charge in [-0.1, -0.05) is 19.8 Å². The van der Waals surface area contributed by atoms with Crippen LogP contribution in [0.4, 0.5) is 0 Å². The van der Waals surface area contributed by atoms with E-state index in [0.29, 0.717) is 11.6 Å². The van der Waals surface area contributed by atoms with E-state index in [4.69, 9.17) is 0 Å². The first-order chi connectivity index (χ1) is 9.22. The van der Waals surface area contributed by atoms with E-state index in [1.54, 1.807) is 4.88 Å². The second kappa shape index (κ2) is 5.55. The van der Waals surface area contributed by atoms with Gasteiger partial charge in [0.1, 0.15) is 0 Å². The molecule has 1 N–H and O–H groups in total. The molecule has 0 bridgehead atoms. The van der Waals surface area contributed by atoms with Crippen molar-refractivity contribution in [2.75, 3.05) is 13.1 Å². The zero-order chi connectivity index (χ0) is 13.3. The summed E-state index contributed by atoms with van der Waals surface area (Å²) >= 11 is 1.92. The molecule has 2 heterocycles. The van der Waals surface area contributed by atoms with Gasteiger partial charge in [-0.15, -0.1) is 11.3 Å². The van der Waals surface area contributed by atoms with E-state index in [1.807, 2.05) is 11.3 Å². The van der Waals surface area contributed by atoms with E-state index in [-0.39, 0.29) is 0 Å². The highest BCUT2D eigenvalue weighted by Crippen LogP contribution is 2.34. The Kier molecular flexibility index (Phi) is 3.97. The molecule has 2 nitrogen and oxygen atoms in total. The number of aryl methyl sites for hydroxylation is 1. The normalized spacial score (nSPS) is 27.2. The molecule has 0 radical (unpaired) electrons. The Bertz CT molecular complexity index is 420. The van der Waals surface area contributed by atoms with Gasteiger partial charge in [0, 0.05) is 36.1 Å². The van der Waals surface area contributed by atoms with E-state index < -0.39 is 0 Å². The molecule has 0 aromatic carbocycles. The fourth-order valence-corrected chi connectivity index (χ4v) is 4.69. The molecule has 1 aliphatic heterocycles. The van der Waals surface area contributed by atoms with Crippen LogP contribution in [0.25, 0.3) is 0 Å². The SMILES string of the molecule is CCC1CNC2(CCCC2)CN1Cc1sccc1C. The Morgan fingerprint density at radius 1 is 1.42 bits per heavy atom. The van der Waals surface area contributed by atoms with Gasteiger partial charge in [0.25, 0.3) is 0 Å². The molecule has 1 saturated carbocycles. The van der Waals surface area contributed by atoms with E-state index in [1.165, 1.54) is 50.8 Å². The molecule has 1 aliphatic carbocycles. The fourth-order valence-electron chi connectivity index (χ4n) is 3.76. The second-order valence-corrected chi connectivity index (χ2v) is 7.36. The van der Waals surface area contributed by atoms with Crippen molar-refractivity contribution in [3.8, 4) is 0 Å². The van der Waals surface area contributed by atoms with Crippen LogP contribution in [0.15, 0.2) is 11.4 Å². The summed E-state index contributed by atoms with van der Waals surface area (Å²) < 4.78 is 0. The number of hydrogen-bond acceptors (Lipinski definition) is 3. The molecule has 3 heteroatoms. The Labute approximate surface area is 121 Å². The largest absolute Gasteiger partial charge is 0.308 e. The summed E-state index contributed by atoms with van der Waals surface area (Å²) in [6.07, 6.45) is 6.84. The summed E-state index contributed by atoms with van der Waals surface area (Å²) in [7, 11) is 0. The third kappa shape index (κ3) is 2.74. The monoisotopic (exact) mass is 278 g/mol. The van der Waals surface area contributed by atoms with Crippen molar-refractivity contribution in [1.82, 2.24) is 10.2 Å². The molecule has 1 atom stereocenters. The van der Waals surface area contributed by atoms with Crippen LogP contribution >= 0.6 is 11.3 Å². The van der Waals surface area contributed by atoms with Gasteiger partial charge >= 0.3 is 0 Å². The molecule has 1 aromatic rings. The van der Waals surface area contributed by atoms with Crippen molar-refractivity contribution >= 4 is 11.3 Å². The number of nitrogens with one attached hydrogen (secondary N) is 1. The highest BCUT2D eigenvalue weighted by Gasteiger charge is 2.40.